The van der Waals surface area contributed by atoms with Crippen molar-refractivity contribution in [2.45, 2.75) is 25.9 Å². The summed E-state index contributed by atoms with van der Waals surface area (Å²) in [6.07, 6.45) is 5.36. The van der Waals surface area contributed by atoms with Gasteiger partial charge < -0.3 is 14.5 Å². The zero-order chi connectivity index (χ0) is 22.1. The lowest BCUT2D eigenvalue weighted by atomic mass is 10.1. The largest absolute Gasteiger partial charge is 0.491 e. The average Bonchev–Trinajstić information content (AvgIpc) is 3.49. The van der Waals surface area contributed by atoms with E-state index >= 15 is 0 Å². The summed E-state index contributed by atoms with van der Waals surface area (Å²) in [5, 5.41) is 4.22. The minimum atomic E-state index is -0.0100. The van der Waals surface area contributed by atoms with Crippen molar-refractivity contribution >= 4 is 11.8 Å². The third-order valence-corrected chi connectivity index (χ3v) is 6.13. The molecule has 2 aliphatic rings. The van der Waals surface area contributed by atoms with Crippen molar-refractivity contribution < 1.29 is 14.3 Å². The first kappa shape index (κ1) is 20.3. The molecule has 2 amide bonds. The zero-order valence-corrected chi connectivity index (χ0v) is 18.2. The summed E-state index contributed by atoms with van der Waals surface area (Å²) in [7, 11) is 1.90. The Morgan fingerprint density at radius 3 is 2.59 bits per heavy atom. The van der Waals surface area contributed by atoms with Crippen molar-refractivity contribution in [2.75, 3.05) is 19.7 Å². The molecule has 0 spiro atoms. The van der Waals surface area contributed by atoms with E-state index < -0.39 is 0 Å². The Morgan fingerprint density at radius 2 is 1.88 bits per heavy atom. The van der Waals surface area contributed by atoms with E-state index in [2.05, 4.69) is 29.4 Å². The van der Waals surface area contributed by atoms with E-state index in [0.717, 1.165) is 35.2 Å². The number of aromatic nitrogens is 2. The van der Waals surface area contributed by atoms with Gasteiger partial charge in [-0.15, -0.1) is 0 Å². The molecule has 164 valence electrons. The lowest BCUT2D eigenvalue weighted by Gasteiger charge is -2.17. The Morgan fingerprint density at radius 1 is 1.03 bits per heavy atom. The second-order valence-corrected chi connectivity index (χ2v) is 8.38. The summed E-state index contributed by atoms with van der Waals surface area (Å²) < 4.78 is 7.73. The molecule has 7 heteroatoms. The molecule has 5 rings (SSSR count). The maximum Gasteiger partial charge on any atom is 0.258 e. The van der Waals surface area contributed by atoms with Crippen LogP contribution in [0.5, 0.6) is 5.75 Å². The minimum absolute atomic E-state index is 0.0100. The number of ether oxygens (including phenoxy) is 1. The first-order valence-corrected chi connectivity index (χ1v) is 11.0. The smallest absolute Gasteiger partial charge is 0.258 e. The molecule has 3 aromatic rings. The molecule has 1 saturated heterocycles. The number of hydrogen-bond acceptors (Lipinski definition) is 4. The summed E-state index contributed by atoms with van der Waals surface area (Å²) in [6, 6.07) is 14.0. The van der Waals surface area contributed by atoms with Gasteiger partial charge in [0.15, 0.2) is 0 Å². The van der Waals surface area contributed by atoms with Crippen LogP contribution in [0, 0.1) is 0 Å². The highest BCUT2D eigenvalue weighted by Crippen LogP contribution is 2.32. The third-order valence-electron chi connectivity index (χ3n) is 6.13. The topological polar surface area (TPSA) is 67.7 Å². The van der Waals surface area contributed by atoms with Crippen LogP contribution in [0.1, 0.15) is 34.3 Å². The number of likely N-dealkylation sites (tertiary alicyclic amines) is 1. The summed E-state index contributed by atoms with van der Waals surface area (Å²) in [5.41, 5.74) is 4.88. The number of carbonyl (C=O) groups excluding carboxylic acids is 2. The van der Waals surface area contributed by atoms with Crippen LogP contribution in [-0.4, -0.2) is 51.1 Å². The summed E-state index contributed by atoms with van der Waals surface area (Å²) in [6.45, 7) is 2.86. The van der Waals surface area contributed by atoms with Crippen LogP contribution >= 0.6 is 0 Å². The molecule has 0 N–H and O–H groups in total. The first-order chi connectivity index (χ1) is 15.6. The molecule has 1 aromatic heterocycles. The molecule has 0 atom stereocenters. The monoisotopic (exact) mass is 430 g/mol. The molecular formula is C25H26N4O3. The number of rotatable bonds is 7. The van der Waals surface area contributed by atoms with Crippen LogP contribution in [0.15, 0.2) is 54.9 Å². The van der Waals surface area contributed by atoms with E-state index in [0.29, 0.717) is 44.0 Å². The molecule has 0 bridgehead atoms. The molecule has 3 heterocycles. The number of carbonyl (C=O) groups is 2. The van der Waals surface area contributed by atoms with Gasteiger partial charge >= 0.3 is 0 Å². The summed E-state index contributed by atoms with van der Waals surface area (Å²) in [4.78, 5) is 28.6. The Bertz CT molecular complexity index is 1150. The van der Waals surface area contributed by atoms with Crippen molar-refractivity contribution in [2.24, 2.45) is 7.05 Å². The lowest BCUT2D eigenvalue weighted by molar-refractivity contribution is -0.128. The van der Waals surface area contributed by atoms with Gasteiger partial charge in [0.2, 0.25) is 5.91 Å². The second-order valence-electron chi connectivity index (χ2n) is 8.38. The van der Waals surface area contributed by atoms with Crippen LogP contribution in [0.4, 0.5) is 0 Å². The molecule has 2 aromatic carbocycles. The van der Waals surface area contributed by atoms with E-state index in [4.69, 9.17) is 4.74 Å². The molecule has 0 aliphatic carbocycles. The van der Waals surface area contributed by atoms with Crippen LogP contribution in [0.25, 0.3) is 11.1 Å². The summed E-state index contributed by atoms with van der Waals surface area (Å²) >= 11 is 0. The molecule has 1 fully saturated rings. The molecule has 0 saturated carbocycles. The van der Waals surface area contributed by atoms with Crippen molar-refractivity contribution in [1.82, 2.24) is 19.6 Å². The van der Waals surface area contributed by atoms with E-state index in [-0.39, 0.29) is 11.8 Å². The average molecular weight is 431 g/mol. The summed E-state index contributed by atoms with van der Waals surface area (Å²) in [5.74, 6) is 0.779. The predicted octanol–water partition coefficient (Wildman–Crippen LogP) is 3.24. The van der Waals surface area contributed by atoms with Crippen LogP contribution in [-0.2, 0) is 24.9 Å². The lowest BCUT2D eigenvalue weighted by Crippen LogP contribution is -2.29. The standard InChI is InChI=1S/C25H26N4O3/c1-27-16-21(14-26-27)19-9-7-18(8-10-19)15-29-17-20-4-2-5-22(24(20)25(29)31)32-13-12-28-11-3-6-23(28)30/h2,4-5,7-10,14,16H,3,6,11-13,15,17H2,1H3. The molecule has 32 heavy (non-hydrogen) atoms. The SMILES string of the molecule is Cn1cc(-c2ccc(CN3Cc4cccc(OCCN5CCCC5=O)c4C3=O)cc2)cn1. The maximum absolute atomic E-state index is 13.2. The van der Waals surface area contributed by atoms with Gasteiger partial charge in [-0.25, -0.2) is 0 Å². The Labute approximate surface area is 187 Å². The van der Waals surface area contributed by atoms with Gasteiger partial charge in [-0.3, -0.25) is 14.3 Å². The Kier molecular flexibility index (Phi) is 5.39. The van der Waals surface area contributed by atoms with Gasteiger partial charge in [0.05, 0.1) is 18.3 Å². The number of benzene rings is 2. The molecule has 0 radical (unpaired) electrons. The molecular weight excluding hydrogens is 404 g/mol. The van der Waals surface area contributed by atoms with Crippen LogP contribution in [0.2, 0.25) is 0 Å². The van der Waals surface area contributed by atoms with Crippen molar-refractivity contribution in [1.29, 1.82) is 0 Å². The van der Waals surface area contributed by atoms with E-state index in [1.165, 1.54) is 0 Å². The van der Waals surface area contributed by atoms with Gasteiger partial charge in [-0.2, -0.15) is 5.10 Å². The van der Waals surface area contributed by atoms with Gasteiger partial charge in [-0.05, 0) is 29.2 Å². The van der Waals surface area contributed by atoms with Gasteiger partial charge in [0.25, 0.3) is 5.91 Å². The number of hydrogen-bond donors (Lipinski definition) is 0. The predicted molar refractivity (Wildman–Crippen MR) is 120 cm³/mol. The van der Waals surface area contributed by atoms with E-state index in [1.54, 1.807) is 4.68 Å². The molecule has 2 aliphatic heterocycles. The van der Waals surface area contributed by atoms with E-state index in [1.807, 2.05) is 47.4 Å². The second kappa shape index (κ2) is 8.49. The first-order valence-electron chi connectivity index (χ1n) is 11.0. The molecule has 0 unspecified atom stereocenters. The van der Waals surface area contributed by atoms with Crippen molar-refractivity contribution in [3.05, 3.63) is 71.5 Å². The number of fused-ring (bicyclic) bond motifs is 1. The highest BCUT2D eigenvalue weighted by Gasteiger charge is 2.31. The highest BCUT2D eigenvalue weighted by atomic mass is 16.5. The highest BCUT2D eigenvalue weighted by molar-refractivity contribution is 6.01. The molecule has 7 nitrogen and oxygen atoms in total. The fourth-order valence-corrected chi connectivity index (χ4v) is 4.43. The Hall–Kier alpha value is -3.61. The van der Waals surface area contributed by atoms with Crippen molar-refractivity contribution in [3.63, 3.8) is 0 Å². The fraction of sp³-hybridized carbons (Fsp3) is 0.320. The van der Waals surface area contributed by atoms with Gasteiger partial charge in [0.1, 0.15) is 12.4 Å². The Balaban J connectivity index is 1.24. The van der Waals surface area contributed by atoms with E-state index in [9.17, 15) is 9.59 Å². The number of nitrogens with zero attached hydrogens (tertiary/aromatic N) is 4. The van der Waals surface area contributed by atoms with Crippen LogP contribution in [0.3, 0.4) is 0 Å². The normalized spacial score (nSPS) is 15.5. The van der Waals surface area contributed by atoms with Gasteiger partial charge in [-0.1, -0.05) is 36.4 Å². The minimum Gasteiger partial charge on any atom is -0.491 e. The van der Waals surface area contributed by atoms with Crippen molar-refractivity contribution in [3.8, 4) is 16.9 Å². The number of aryl methyl sites for hydroxylation is 1. The zero-order valence-electron chi connectivity index (χ0n) is 18.2. The van der Waals surface area contributed by atoms with Crippen LogP contribution < -0.4 is 4.74 Å². The number of amides is 2. The third kappa shape index (κ3) is 3.98. The maximum atomic E-state index is 13.2. The fourth-order valence-electron chi connectivity index (χ4n) is 4.43. The van der Waals surface area contributed by atoms with Gasteiger partial charge in [0, 0.05) is 44.9 Å². The quantitative estimate of drug-likeness (QED) is 0.577.